The number of aryl methyl sites for hydroxylation is 1. The summed E-state index contributed by atoms with van der Waals surface area (Å²) in [4.78, 5) is 42.3. The number of carbonyl (C=O) groups is 1. The number of nitrogens with one attached hydrogen (secondary N) is 4. The highest BCUT2D eigenvalue weighted by Crippen LogP contribution is 2.35. The summed E-state index contributed by atoms with van der Waals surface area (Å²) < 4.78 is 42.2. The highest BCUT2D eigenvalue weighted by atomic mass is 32.1. The molecular weight excluding hydrogens is 483 g/mol. The topological polar surface area (TPSA) is 108 Å². The molecule has 0 saturated heterocycles. The molecule has 35 heavy (non-hydrogen) atoms. The summed E-state index contributed by atoms with van der Waals surface area (Å²) in [7, 11) is 1.65. The number of carbonyl (C=O) groups excluding carboxylic acids is 1. The number of thiophene rings is 1. The highest BCUT2D eigenvalue weighted by Gasteiger charge is 2.35. The quantitative estimate of drug-likeness (QED) is 0.323. The molecule has 4 rings (SSSR count). The van der Waals surface area contributed by atoms with Gasteiger partial charge in [-0.25, -0.2) is 14.2 Å². The number of nitrogens with zero attached hydrogens (tertiary/aromatic N) is 1. The van der Waals surface area contributed by atoms with Crippen LogP contribution in [0.2, 0.25) is 0 Å². The molecule has 0 unspecified atom stereocenters. The summed E-state index contributed by atoms with van der Waals surface area (Å²) in [6, 6.07) is 10.4. The van der Waals surface area contributed by atoms with E-state index in [2.05, 4.69) is 20.9 Å². The Morgan fingerprint density at radius 1 is 1.06 bits per heavy atom. The number of urea groups is 1. The summed E-state index contributed by atoms with van der Waals surface area (Å²) in [5, 5.41) is 7.83. The maximum absolute atomic E-state index is 13.9. The van der Waals surface area contributed by atoms with Gasteiger partial charge in [0.1, 0.15) is 0 Å². The number of hydrogen-bond acceptors (Lipinski definition) is 5. The van der Waals surface area contributed by atoms with Crippen LogP contribution in [0.4, 0.5) is 29.3 Å². The van der Waals surface area contributed by atoms with E-state index in [1.54, 1.807) is 13.1 Å². The minimum Gasteiger partial charge on any atom is -0.388 e. The number of aromatic nitrogens is 2. The Labute approximate surface area is 200 Å². The second-order valence-corrected chi connectivity index (χ2v) is 9.00. The number of amides is 2. The van der Waals surface area contributed by atoms with Crippen molar-refractivity contribution in [2.24, 2.45) is 0 Å². The maximum atomic E-state index is 13.9. The van der Waals surface area contributed by atoms with E-state index in [0.29, 0.717) is 16.3 Å². The molecule has 12 heteroatoms. The van der Waals surface area contributed by atoms with Crippen LogP contribution in [0.25, 0.3) is 16.6 Å². The normalized spacial score (nSPS) is 11.5. The van der Waals surface area contributed by atoms with Gasteiger partial charge in [-0.05, 0) is 55.5 Å². The van der Waals surface area contributed by atoms with Gasteiger partial charge in [-0.2, -0.15) is 13.2 Å². The summed E-state index contributed by atoms with van der Waals surface area (Å²) in [6.45, 7) is 2.13. The molecule has 0 spiro atoms. The van der Waals surface area contributed by atoms with Crippen LogP contribution in [0.5, 0.6) is 0 Å². The van der Waals surface area contributed by atoms with Crippen LogP contribution >= 0.6 is 11.3 Å². The fourth-order valence-electron chi connectivity index (χ4n) is 3.55. The fraction of sp³-hybridized carbons (Fsp3) is 0.174. The standard InChI is InChI=1S/C23H20F3N5O3S/c1-12-3-6-15(35-12)11-28-21(33)29-14-5-8-19(17(9-14)23(24,25)26)31-20(32)16-7-4-13(27-2)10-18(16)30-22(31)34/h3-10,27H,11H2,1-2H3,(H,30,34)(H2,28,29,33). The number of fused-ring (bicyclic) bond motifs is 1. The minimum absolute atomic E-state index is 0.0436. The molecule has 0 aliphatic rings. The van der Waals surface area contributed by atoms with E-state index < -0.39 is 34.7 Å². The first-order chi connectivity index (χ1) is 16.6. The van der Waals surface area contributed by atoms with Gasteiger partial charge in [-0.15, -0.1) is 11.3 Å². The lowest BCUT2D eigenvalue weighted by Gasteiger charge is -2.16. The van der Waals surface area contributed by atoms with E-state index in [-0.39, 0.29) is 23.1 Å². The van der Waals surface area contributed by atoms with Crippen molar-refractivity contribution in [1.82, 2.24) is 14.9 Å². The van der Waals surface area contributed by atoms with Gasteiger partial charge in [-0.3, -0.25) is 4.79 Å². The fourth-order valence-corrected chi connectivity index (χ4v) is 4.38. The lowest BCUT2D eigenvalue weighted by atomic mass is 10.1. The SMILES string of the molecule is CNc1ccc2c(=O)n(-c3ccc(NC(=O)NCc4ccc(C)s4)cc3C(F)(F)F)c(=O)[nH]c2c1. The third-order valence-electron chi connectivity index (χ3n) is 5.21. The number of anilines is 2. The molecule has 0 fully saturated rings. The van der Waals surface area contributed by atoms with Gasteiger partial charge in [0, 0.05) is 28.2 Å². The molecule has 4 N–H and O–H groups in total. The van der Waals surface area contributed by atoms with E-state index in [4.69, 9.17) is 0 Å². The minimum atomic E-state index is -4.91. The third kappa shape index (κ3) is 5.06. The average Bonchev–Trinajstić information content (AvgIpc) is 3.22. The van der Waals surface area contributed by atoms with Gasteiger partial charge in [0.15, 0.2) is 0 Å². The average molecular weight is 504 g/mol. The van der Waals surface area contributed by atoms with Gasteiger partial charge >= 0.3 is 17.9 Å². The van der Waals surface area contributed by atoms with Gasteiger partial charge < -0.3 is 20.9 Å². The Bertz CT molecular complexity index is 1540. The van der Waals surface area contributed by atoms with E-state index >= 15 is 0 Å². The molecule has 2 aromatic carbocycles. The Morgan fingerprint density at radius 2 is 1.80 bits per heavy atom. The van der Waals surface area contributed by atoms with Crippen molar-refractivity contribution in [3.63, 3.8) is 0 Å². The van der Waals surface area contributed by atoms with Crippen molar-refractivity contribution < 1.29 is 18.0 Å². The molecular formula is C23H20F3N5O3S. The zero-order valence-corrected chi connectivity index (χ0v) is 19.4. The number of aromatic amines is 1. The third-order valence-corrected chi connectivity index (χ3v) is 6.21. The molecule has 0 radical (unpaired) electrons. The second-order valence-electron chi connectivity index (χ2n) is 7.63. The molecule has 2 heterocycles. The first-order valence-corrected chi connectivity index (χ1v) is 11.2. The number of halogens is 3. The van der Waals surface area contributed by atoms with E-state index in [1.807, 2.05) is 19.1 Å². The molecule has 0 aliphatic carbocycles. The molecule has 0 bridgehead atoms. The van der Waals surface area contributed by atoms with Crippen molar-refractivity contribution in [1.29, 1.82) is 0 Å². The van der Waals surface area contributed by atoms with Gasteiger partial charge in [0.2, 0.25) is 0 Å². The predicted molar refractivity (Wildman–Crippen MR) is 130 cm³/mol. The van der Waals surface area contributed by atoms with E-state index in [0.717, 1.165) is 15.8 Å². The number of H-pyrrole nitrogens is 1. The van der Waals surface area contributed by atoms with Crippen LogP contribution in [0.1, 0.15) is 15.3 Å². The number of alkyl halides is 3. The Morgan fingerprint density at radius 3 is 2.46 bits per heavy atom. The molecule has 0 atom stereocenters. The van der Waals surface area contributed by atoms with E-state index in [9.17, 15) is 27.6 Å². The van der Waals surface area contributed by atoms with Gasteiger partial charge in [0.25, 0.3) is 5.56 Å². The smallest absolute Gasteiger partial charge is 0.388 e. The molecule has 0 aliphatic heterocycles. The maximum Gasteiger partial charge on any atom is 0.418 e. The first kappa shape index (κ1) is 24.1. The van der Waals surface area contributed by atoms with Crippen molar-refractivity contribution in [2.75, 3.05) is 17.7 Å². The van der Waals surface area contributed by atoms with Crippen LogP contribution < -0.4 is 27.2 Å². The Balaban J connectivity index is 1.70. The van der Waals surface area contributed by atoms with Gasteiger partial charge in [0.05, 0.1) is 28.7 Å². The Kier molecular flexibility index (Phi) is 6.39. The van der Waals surface area contributed by atoms with Crippen molar-refractivity contribution in [2.45, 2.75) is 19.6 Å². The lowest BCUT2D eigenvalue weighted by molar-refractivity contribution is -0.137. The zero-order chi connectivity index (χ0) is 25.3. The van der Waals surface area contributed by atoms with Crippen molar-refractivity contribution in [3.8, 4) is 5.69 Å². The molecule has 182 valence electrons. The van der Waals surface area contributed by atoms with E-state index in [1.165, 1.54) is 29.5 Å². The van der Waals surface area contributed by atoms with Crippen molar-refractivity contribution in [3.05, 3.63) is 84.7 Å². The van der Waals surface area contributed by atoms with Crippen LogP contribution in [0.3, 0.4) is 0 Å². The lowest BCUT2D eigenvalue weighted by Crippen LogP contribution is -2.35. The molecule has 2 aromatic heterocycles. The van der Waals surface area contributed by atoms with Crippen LogP contribution in [0, 0.1) is 6.92 Å². The van der Waals surface area contributed by atoms with Crippen LogP contribution in [-0.4, -0.2) is 22.6 Å². The highest BCUT2D eigenvalue weighted by molar-refractivity contribution is 7.11. The van der Waals surface area contributed by atoms with Crippen LogP contribution in [0.15, 0.2) is 58.1 Å². The summed E-state index contributed by atoms with van der Waals surface area (Å²) in [5.74, 6) is 0. The van der Waals surface area contributed by atoms with Gasteiger partial charge in [-0.1, -0.05) is 0 Å². The molecule has 0 saturated carbocycles. The summed E-state index contributed by atoms with van der Waals surface area (Å²) >= 11 is 1.49. The number of benzene rings is 2. The van der Waals surface area contributed by atoms with Crippen LogP contribution in [-0.2, 0) is 12.7 Å². The van der Waals surface area contributed by atoms with Crippen molar-refractivity contribution >= 4 is 39.6 Å². The summed E-state index contributed by atoms with van der Waals surface area (Å²) in [5.41, 5.74) is -3.17. The predicted octanol–water partition coefficient (Wildman–Crippen LogP) is 4.43. The second kappa shape index (κ2) is 9.29. The summed E-state index contributed by atoms with van der Waals surface area (Å²) in [6.07, 6.45) is -4.91. The number of hydrogen-bond donors (Lipinski definition) is 4. The largest absolute Gasteiger partial charge is 0.418 e. The monoisotopic (exact) mass is 503 g/mol. The molecule has 4 aromatic rings. The Hall–Kier alpha value is -4.06. The zero-order valence-electron chi connectivity index (χ0n) is 18.5. The molecule has 2 amide bonds. The number of rotatable bonds is 5. The molecule has 8 nitrogen and oxygen atoms in total. The first-order valence-electron chi connectivity index (χ1n) is 10.4.